The van der Waals surface area contributed by atoms with Gasteiger partial charge in [0, 0.05) is 10.5 Å². The maximum Gasteiger partial charge on any atom is 0.341 e. The minimum Gasteiger partial charge on any atom is -0.452 e. The van der Waals surface area contributed by atoms with Crippen LogP contribution >= 0.6 is 15.9 Å². The Morgan fingerprint density at radius 2 is 2.14 bits per heavy atom. The molecule has 1 amide bonds. The summed E-state index contributed by atoms with van der Waals surface area (Å²) in [5, 5.41) is 2.47. The smallest absolute Gasteiger partial charge is 0.341 e. The Kier molecular flexibility index (Phi) is 5.17. The third kappa shape index (κ3) is 4.51. The summed E-state index contributed by atoms with van der Waals surface area (Å²) >= 11 is 3.06. The van der Waals surface area contributed by atoms with E-state index in [4.69, 9.17) is 4.74 Å². The summed E-state index contributed by atoms with van der Waals surface area (Å²) in [6, 6.07) is 3.35. The largest absolute Gasteiger partial charge is 0.452 e. The number of esters is 1. The Balaban J connectivity index is 1.84. The van der Waals surface area contributed by atoms with E-state index in [1.165, 1.54) is 12.1 Å². The van der Waals surface area contributed by atoms with Gasteiger partial charge in [-0.2, -0.15) is 0 Å². The molecule has 1 heterocycles. The van der Waals surface area contributed by atoms with Gasteiger partial charge in [0.15, 0.2) is 16.4 Å². The van der Waals surface area contributed by atoms with Gasteiger partial charge in [0.1, 0.15) is 5.82 Å². The summed E-state index contributed by atoms with van der Waals surface area (Å²) in [6.45, 7) is -0.592. The van der Waals surface area contributed by atoms with E-state index in [-0.39, 0.29) is 17.1 Å². The van der Waals surface area contributed by atoms with Crippen molar-refractivity contribution in [1.29, 1.82) is 0 Å². The van der Waals surface area contributed by atoms with Crippen molar-refractivity contribution in [3.05, 3.63) is 34.1 Å². The lowest BCUT2D eigenvalue weighted by Gasteiger charge is -2.11. The van der Waals surface area contributed by atoms with E-state index in [2.05, 4.69) is 21.2 Å². The molecule has 1 aliphatic rings. The SMILES string of the molecule is O=C(COC(=O)c1ccc(Br)cc1F)N[C@H]1CCS(=O)(=O)C1. The second-order valence-corrected chi connectivity index (χ2v) is 8.01. The van der Waals surface area contributed by atoms with Crippen LogP contribution in [0.25, 0.3) is 0 Å². The van der Waals surface area contributed by atoms with Crippen LogP contribution in [0.4, 0.5) is 4.39 Å². The van der Waals surface area contributed by atoms with Gasteiger partial charge in [-0.1, -0.05) is 15.9 Å². The third-order valence-electron chi connectivity index (χ3n) is 3.08. The van der Waals surface area contributed by atoms with Crippen LogP contribution in [0.5, 0.6) is 0 Å². The molecule has 0 spiro atoms. The number of carbonyl (C=O) groups excluding carboxylic acids is 2. The first kappa shape index (κ1) is 16.9. The minimum atomic E-state index is -3.10. The van der Waals surface area contributed by atoms with Crippen molar-refractivity contribution in [2.45, 2.75) is 12.5 Å². The Morgan fingerprint density at radius 3 is 2.73 bits per heavy atom. The van der Waals surface area contributed by atoms with Crippen LogP contribution in [0, 0.1) is 5.82 Å². The fourth-order valence-electron chi connectivity index (χ4n) is 2.04. The maximum atomic E-state index is 13.5. The number of rotatable bonds is 4. The molecule has 0 unspecified atom stereocenters. The minimum absolute atomic E-state index is 0.0296. The van der Waals surface area contributed by atoms with Gasteiger partial charge < -0.3 is 10.1 Å². The lowest BCUT2D eigenvalue weighted by molar-refractivity contribution is -0.124. The molecule has 0 saturated carbocycles. The highest BCUT2D eigenvalue weighted by atomic mass is 79.9. The zero-order valence-electron chi connectivity index (χ0n) is 11.3. The fourth-order valence-corrected chi connectivity index (χ4v) is 4.05. The number of hydrogen-bond acceptors (Lipinski definition) is 5. The van der Waals surface area contributed by atoms with Crippen LogP contribution in [-0.4, -0.2) is 44.4 Å². The average Bonchev–Trinajstić information content (AvgIpc) is 2.75. The zero-order chi connectivity index (χ0) is 16.3. The molecule has 9 heteroatoms. The van der Waals surface area contributed by atoms with E-state index in [0.29, 0.717) is 10.9 Å². The van der Waals surface area contributed by atoms with Crippen LogP contribution in [-0.2, 0) is 19.4 Å². The zero-order valence-corrected chi connectivity index (χ0v) is 13.7. The van der Waals surface area contributed by atoms with Crippen LogP contribution in [0.1, 0.15) is 16.8 Å². The van der Waals surface area contributed by atoms with Gasteiger partial charge in [0.05, 0.1) is 17.1 Å². The molecular weight excluding hydrogens is 381 g/mol. The Hall–Kier alpha value is -1.48. The van der Waals surface area contributed by atoms with Gasteiger partial charge >= 0.3 is 5.97 Å². The van der Waals surface area contributed by atoms with Gasteiger partial charge in [-0.25, -0.2) is 17.6 Å². The standard InChI is InChI=1S/C13H13BrFNO5S/c14-8-1-2-10(11(15)5-8)13(18)21-6-12(17)16-9-3-4-22(19,20)7-9/h1-2,5,9H,3-4,6-7H2,(H,16,17)/t9-/m0/s1. The molecule has 1 aromatic carbocycles. The van der Waals surface area contributed by atoms with E-state index >= 15 is 0 Å². The van der Waals surface area contributed by atoms with Crippen molar-refractivity contribution in [3.8, 4) is 0 Å². The molecule has 22 heavy (non-hydrogen) atoms. The second-order valence-electron chi connectivity index (χ2n) is 4.87. The number of carbonyl (C=O) groups is 2. The number of halogens is 2. The predicted octanol–water partition coefficient (Wildman–Crippen LogP) is 1.05. The quantitative estimate of drug-likeness (QED) is 0.772. The highest BCUT2D eigenvalue weighted by Crippen LogP contribution is 2.16. The van der Waals surface area contributed by atoms with E-state index in [1.807, 2.05) is 0 Å². The van der Waals surface area contributed by atoms with E-state index in [1.54, 1.807) is 0 Å². The molecule has 0 aromatic heterocycles. The molecule has 2 rings (SSSR count). The molecule has 6 nitrogen and oxygen atoms in total. The molecule has 1 aliphatic heterocycles. The number of amides is 1. The first-order chi connectivity index (χ1) is 10.3. The molecular formula is C13H13BrFNO5S. The topological polar surface area (TPSA) is 89.5 Å². The van der Waals surface area contributed by atoms with Crippen molar-refractivity contribution < 1.29 is 27.1 Å². The van der Waals surface area contributed by atoms with Crippen LogP contribution < -0.4 is 5.32 Å². The van der Waals surface area contributed by atoms with Gasteiger partial charge in [0.25, 0.3) is 5.91 Å². The van der Waals surface area contributed by atoms with Gasteiger partial charge in [-0.3, -0.25) is 4.79 Å². The molecule has 1 aromatic rings. The summed E-state index contributed by atoms with van der Waals surface area (Å²) in [5.74, 6) is -2.43. The number of nitrogens with one attached hydrogen (secondary N) is 1. The van der Waals surface area contributed by atoms with E-state index in [0.717, 1.165) is 6.07 Å². The lowest BCUT2D eigenvalue weighted by atomic mass is 10.2. The van der Waals surface area contributed by atoms with E-state index in [9.17, 15) is 22.4 Å². The Bertz CT molecular complexity index is 706. The Labute approximate surface area is 135 Å². The van der Waals surface area contributed by atoms with Crippen molar-refractivity contribution in [1.82, 2.24) is 5.32 Å². The number of ether oxygens (including phenoxy) is 1. The maximum absolute atomic E-state index is 13.5. The highest BCUT2D eigenvalue weighted by Gasteiger charge is 2.29. The molecule has 0 aliphatic carbocycles. The molecule has 1 fully saturated rings. The predicted molar refractivity (Wildman–Crippen MR) is 79.6 cm³/mol. The third-order valence-corrected chi connectivity index (χ3v) is 5.34. The summed E-state index contributed by atoms with van der Waals surface area (Å²) < 4.78 is 41.2. The normalized spacial score (nSPS) is 19.6. The first-order valence-electron chi connectivity index (χ1n) is 6.39. The second kappa shape index (κ2) is 6.74. The summed E-state index contributed by atoms with van der Waals surface area (Å²) in [5.41, 5.74) is -0.278. The number of benzene rings is 1. The molecule has 1 N–H and O–H groups in total. The highest BCUT2D eigenvalue weighted by molar-refractivity contribution is 9.10. The van der Waals surface area contributed by atoms with Gasteiger partial charge in [-0.05, 0) is 24.6 Å². The number of sulfone groups is 1. The average molecular weight is 394 g/mol. The molecule has 0 bridgehead atoms. The molecule has 1 atom stereocenters. The fraction of sp³-hybridized carbons (Fsp3) is 0.385. The molecule has 0 radical (unpaired) electrons. The van der Waals surface area contributed by atoms with Crippen molar-refractivity contribution in [3.63, 3.8) is 0 Å². The van der Waals surface area contributed by atoms with Crippen molar-refractivity contribution in [2.24, 2.45) is 0 Å². The summed E-state index contributed by atoms with van der Waals surface area (Å²) in [6.07, 6.45) is 0.337. The lowest BCUT2D eigenvalue weighted by Crippen LogP contribution is -2.38. The van der Waals surface area contributed by atoms with Crippen LogP contribution in [0.3, 0.4) is 0 Å². The number of hydrogen-bond donors (Lipinski definition) is 1. The van der Waals surface area contributed by atoms with Crippen molar-refractivity contribution in [2.75, 3.05) is 18.1 Å². The molecule has 1 saturated heterocycles. The monoisotopic (exact) mass is 393 g/mol. The van der Waals surface area contributed by atoms with Crippen LogP contribution in [0.2, 0.25) is 0 Å². The Morgan fingerprint density at radius 1 is 1.41 bits per heavy atom. The van der Waals surface area contributed by atoms with E-state index < -0.39 is 40.2 Å². The summed E-state index contributed by atoms with van der Waals surface area (Å²) in [4.78, 5) is 23.3. The van der Waals surface area contributed by atoms with Gasteiger partial charge in [0.2, 0.25) is 0 Å². The van der Waals surface area contributed by atoms with Crippen LogP contribution in [0.15, 0.2) is 22.7 Å². The van der Waals surface area contributed by atoms with Crippen molar-refractivity contribution >= 4 is 37.6 Å². The van der Waals surface area contributed by atoms with Gasteiger partial charge in [-0.15, -0.1) is 0 Å². The summed E-state index contributed by atoms with van der Waals surface area (Å²) in [7, 11) is -3.10. The first-order valence-corrected chi connectivity index (χ1v) is 9.00. The molecule has 120 valence electrons.